The third-order valence-electron chi connectivity index (χ3n) is 3.80. The normalized spacial score (nSPS) is 11.6. The first kappa shape index (κ1) is 23.2. The van der Waals surface area contributed by atoms with E-state index in [4.69, 9.17) is 19.8 Å². The maximum absolute atomic E-state index is 12.6. The number of alkyl halides is 3. The zero-order valence-electron chi connectivity index (χ0n) is 15.9. The lowest BCUT2D eigenvalue weighted by molar-refractivity contribution is -0.139. The van der Waals surface area contributed by atoms with Crippen LogP contribution in [0.15, 0.2) is 59.0 Å². The summed E-state index contributed by atoms with van der Waals surface area (Å²) in [6, 6.07) is 11.6. The maximum atomic E-state index is 12.6. The van der Waals surface area contributed by atoms with Crippen molar-refractivity contribution in [3.63, 3.8) is 0 Å². The molecule has 1 N–H and O–H groups in total. The second kappa shape index (κ2) is 10.6. The molecule has 2 rings (SSSR count). The number of hydrogen-bond donors (Lipinski definition) is 1. The number of aliphatic carboxylic acids is 1. The highest BCUT2D eigenvalue weighted by molar-refractivity contribution is 7.99. The van der Waals surface area contributed by atoms with Gasteiger partial charge in [-0.3, -0.25) is 0 Å². The standard InChI is InChI=1S/C21H18F3NO4S/c1-14-10-18(6-7-19(14)29-12-20(26)27)30-13-15(8-9-25)11-28-17-4-2-16(3-5-17)21(22,23)24/h2-8,10H,11-13H2,1H3,(H,26,27)/b15-8-. The number of rotatable bonds is 9. The van der Waals surface area contributed by atoms with Crippen LogP contribution in [-0.4, -0.2) is 30.0 Å². The first-order valence-electron chi connectivity index (χ1n) is 8.64. The molecule has 0 aliphatic heterocycles. The summed E-state index contributed by atoms with van der Waals surface area (Å²) in [4.78, 5) is 11.5. The van der Waals surface area contributed by atoms with Gasteiger partial charge in [-0.2, -0.15) is 18.4 Å². The fraction of sp³-hybridized carbons (Fsp3) is 0.238. The number of carbonyl (C=O) groups is 1. The molecular formula is C21H18F3NO4S. The van der Waals surface area contributed by atoms with Gasteiger partial charge in [0.2, 0.25) is 0 Å². The first-order valence-corrected chi connectivity index (χ1v) is 9.63. The van der Waals surface area contributed by atoms with Crippen LogP contribution in [-0.2, 0) is 11.0 Å². The Hall–Kier alpha value is -3.12. The van der Waals surface area contributed by atoms with Crippen LogP contribution in [0.1, 0.15) is 11.1 Å². The lowest BCUT2D eigenvalue weighted by atomic mass is 10.2. The molecule has 0 aliphatic carbocycles. The van der Waals surface area contributed by atoms with Gasteiger partial charge in [0.25, 0.3) is 0 Å². The Labute approximate surface area is 175 Å². The fourth-order valence-electron chi connectivity index (χ4n) is 2.32. The Kier molecular flexibility index (Phi) is 8.18. The Bertz CT molecular complexity index is 950. The quantitative estimate of drug-likeness (QED) is 0.434. The number of allylic oxidation sites excluding steroid dienone is 1. The molecule has 0 unspecified atom stereocenters. The molecule has 9 heteroatoms. The zero-order valence-corrected chi connectivity index (χ0v) is 16.7. The molecule has 0 heterocycles. The van der Waals surface area contributed by atoms with E-state index in [1.807, 2.05) is 12.1 Å². The van der Waals surface area contributed by atoms with Gasteiger partial charge in [-0.05, 0) is 60.5 Å². The van der Waals surface area contributed by atoms with Gasteiger partial charge < -0.3 is 14.6 Å². The lowest BCUT2D eigenvalue weighted by Gasteiger charge is -2.12. The van der Waals surface area contributed by atoms with Crippen molar-refractivity contribution in [2.24, 2.45) is 0 Å². The van der Waals surface area contributed by atoms with Gasteiger partial charge in [0.05, 0.1) is 11.6 Å². The van der Waals surface area contributed by atoms with Gasteiger partial charge in [0.15, 0.2) is 6.61 Å². The number of carboxylic acid groups (broad SMARTS) is 1. The molecule has 5 nitrogen and oxygen atoms in total. The number of benzene rings is 2. The first-order chi connectivity index (χ1) is 14.2. The third kappa shape index (κ3) is 7.37. The number of ether oxygens (including phenoxy) is 2. The van der Waals surface area contributed by atoms with Crippen LogP contribution in [0.2, 0.25) is 0 Å². The molecule has 0 atom stereocenters. The highest BCUT2D eigenvalue weighted by Crippen LogP contribution is 2.31. The Morgan fingerprint density at radius 2 is 1.87 bits per heavy atom. The molecule has 0 saturated carbocycles. The van der Waals surface area contributed by atoms with Crippen LogP contribution in [0.5, 0.6) is 11.5 Å². The molecule has 0 saturated heterocycles. The number of nitriles is 1. The van der Waals surface area contributed by atoms with Gasteiger partial charge in [0.1, 0.15) is 18.1 Å². The number of thioether (sulfide) groups is 1. The summed E-state index contributed by atoms with van der Waals surface area (Å²) in [5, 5.41) is 17.6. The van der Waals surface area contributed by atoms with Gasteiger partial charge in [-0.15, -0.1) is 11.8 Å². The van der Waals surface area contributed by atoms with Crippen molar-refractivity contribution in [1.82, 2.24) is 0 Å². The number of nitrogens with zero attached hydrogens (tertiary/aromatic N) is 1. The Balaban J connectivity index is 1.93. The van der Waals surface area contributed by atoms with E-state index in [9.17, 15) is 18.0 Å². The molecule has 0 bridgehead atoms. The van der Waals surface area contributed by atoms with E-state index in [0.29, 0.717) is 17.1 Å². The molecule has 0 spiro atoms. The van der Waals surface area contributed by atoms with Crippen molar-refractivity contribution in [2.75, 3.05) is 19.0 Å². The van der Waals surface area contributed by atoms with Crippen LogP contribution < -0.4 is 9.47 Å². The van der Waals surface area contributed by atoms with E-state index >= 15 is 0 Å². The van der Waals surface area contributed by atoms with Gasteiger partial charge in [-0.1, -0.05) is 0 Å². The van der Waals surface area contributed by atoms with Crippen molar-refractivity contribution >= 4 is 17.7 Å². The van der Waals surface area contributed by atoms with Crippen molar-refractivity contribution in [3.05, 3.63) is 65.2 Å². The number of aryl methyl sites for hydroxylation is 1. The van der Waals surface area contributed by atoms with Gasteiger partial charge >= 0.3 is 12.1 Å². The second-order valence-corrected chi connectivity index (χ2v) is 7.19. The molecule has 0 radical (unpaired) electrons. The van der Waals surface area contributed by atoms with E-state index < -0.39 is 24.3 Å². The summed E-state index contributed by atoms with van der Waals surface area (Å²) in [7, 11) is 0. The van der Waals surface area contributed by atoms with Crippen LogP contribution >= 0.6 is 11.8 Å². The molecule has 30 heavy (non-hydrogen) atoms. The summed E-state index contributed by atoms with van der Waals surface area (Å²) in [6.45, 7) is 1.43. The summed E-state index contributed by atoms with van der Waals surface area (Å²) in [6.07, 6.45) is -3.07. The Morgan fingerprint density at radius 1 is 1.17 bits per heavy atom. The van der Waals surface area contributed by atoms with E-state index in [0.717, 1.165) is 22.6 Å². The Morgan fingerprint density at radius 3 is 2.43 bits per heavy atom. The minimum absolute atomic E-state index is 0.0602. The number of halogens is 3. The van der Waals surface area contributed by atoms with Gasteiger partial charge in [0, 0.05) is 16.7 Å². The molecule has 0 fully saturated rings. The van der Waals surface area contributed by atoms with Crippen LogP contribution in [0.25, 0.3) is 0 Å². The largest absolute Gasteiger partial charge is 0.489 e. The van der Waals surface area contributed by atoms with Crippen molar-refractivity contribution in [1.29, 1.82) is 5.26 Å². The second-order valence-electron chi connectivity index (χ2n) is 6.14. The topological polar surface area (TPSA) is 79.5 Å². The van der Waals surface area contributed by atoms with E-state index in [1.165, 1.54) is 30.0 Å². The average Bonchev–Trinajstić information content (AvgIpc) is 2.69. The lowest BCUT2D eigenvalue weighted by Crippen LogP contribution is -2.10. The highest BCUT2D eigenvalue weighted by Gasteiger charge is 2.30. The summed E-state index contributed by atoms with van der Waals surface area (Å²) < 4.78 is 48.5. The van der Waals surface area contributed by atoms with Gasteiger partial charge in [-0.25, -0.2) is 4.79 Å². The van der Waals surface area contributed by atoms with E-state index in [-0.39, 0.29) is 12.4 Å². The minimum atomic E-state index is -4.41. The third-order valence-corrected chi connectivity index (χ3v) is 4.90. The fourth-order valence-corrected chi connectivity index (χ4v) is 3.26. The monoisotopic (exact) mass is 437 g/mol. The highest BCUT2D eigenvalue weighted by atomic mass is 32.2. The summed E-state index contributed by atoms with van der Waals surface area (Å²) in [5.74, 6) is 0.114. The van der Waals surface area contributed by atoms with E-state index in [1.54, 1.807) is 19.1 Å². The van der Waals surface area contributed by atoms with Crippen LogP contribution in [0, 0.1) is 18.3 Å². The summed E-state index contributed by atoms with van der Waals surface area (Å²) >= 11 is 1.44. The molecular weight excluding hydrogens is 419 g/mol. The maximum Gasteiger partial charge on any atom is 0.416 e. The molecule has 0 aromatic heterocycles. The van der Waals surface area contributed by atoms with Crippen molar-refractivity contribution < 1.29 is 32.5 Å². The minimum Gasteiger partial charge on any atom is -0.489 e. The predicted octanol–water partition coefficient (Wildman–Crippen LogP) is 5.10. The molecule has 2 aromatic carbocycles. The van der Waals surface area contributed by atoms with E-state index in [2.05, 4.69) is 0 Å². The van der Waals surface area contributed by atoms with Crippen molar-refractivity contribution in [3.8, 4) is 17.6 Å². The average molecular weight is 437 g/mol. The molecule has 0 aliphatic rings. The number of carboxylic acids is 1. The van der Waals surface area contributed by atoms with Crippen molar-refractivity contribution in [2.45, 2.75) is 18.0 Å². The summed E-state index contributed by atoms with van der Waals surface area (Å²) in [5.41, 5.74) is 0.670. The van der Waals surface area contributed by atoms with Crippen LogP contribution in [0.3, 0.4) is 0 Å². The smallest absolute Gasteiger partial charge is 0.416 e. The van der Waals surface area contributed by atoms with Crippen LogP contribution in [0.4, 0.5) is 13.2 Å². The molecule has 158 valence electrons. The predicted molar refractivity (Wildman–Crippen MR) is 106 cm³/mol. The zero-order chi connectivity index (χ0) is 22.1. The molecule has 2 aromatic rings. The SMILES string of the molecule is Cc1cc(SC/C(=C\C#N)COc2ccc(C(F)(F)F)cc2)ccc1OCC(=O)O. The molecule has 0 amide bonds. The number of hydrogen-bond acceptors (Lipinski definition) is 5.